The fraction of sp³-hybridized carbons (Fsp3) is 0. The van der Waals surface area contributed by atoms with E-state index >= 15 is 0 Å². The van der Waals surface area contributed by atoms with E-state index in [1.165, 1.54) is 21.8 Å². The summed E-state index contributed by atoms with van der Waals surface area (Å²) in [6, 6.07) is 61.9. The second-order valence-electron chi connectivity index (χ2n) is 12.5. The highest BCUT2D eigenvalue weighted by Crippen LogP contribution is 2.53. The predicted octanol–water partition coefficient (Wildman–Crippen LogP) is 11.3. The minimum Gasteiger partial charge on any atom is -0.309 e. The molecule has 0 saturated carbocycles. The van der Waals surface area contributed by atoms with Gasteiger partial charge in [0, 0.05) is 33.4 Å². The van der Waals surface area contributed by atoms with Gasteiger partial charge in [-0.1, -0.05) is 96.2 Å². The van der Waals surface area contributed by atoms with Crippen LogP contribution in [0.3, 0.4) is 0 Å². The minimum absolute atomic E-state index is 0.817. The first-order valence-electron chi connectivity index (χ1n) is 16.8. The second kappa shape index (κ2) is 11.4. The molecule has 3 heterocycles. The van der Waals surface area contributed by atoms with Gasteiger partial charge in [-0.3, -0.25) is 0 Å². The molecule has 0 unspecified atom stereocenters. The van der Waals surface area contributed by atoms with Crippen LogP contribution in [0.2, 0.25) is 0 Å². The monoisotopic (exact) mass is 642 g/mol. The molecule has 0 radical (unpaired) electrons. The molecule has 0 saturated heterocycles. The number of rotatable bonds is 5. The van der Waals surface area contributed by atoms with Gasteiger partial charge in [0.2, 0.25) is 0 Å². The Labute approximate surface area is 289 Å². The van der Waals surface area contributed by atoms with Crippen molar-refractivity contribution < 1.29 is 0 Å². The maximum Gasteiger partial charge on any atom is 0.113 e. The molecule has 0 atom stereocenters. The Bertz CT molecular complexity index is 2550. The number of fused-ring (bicyclic) bond motifs is 5. The van der Waals surface area contributed by atoms with Crippen molar-refractivity contribution in [2.75, 3.05) is 9.80 Å². The Hall–Kier alpha value is -6.92. The van der Waals surface area contributed by atoms with Crippen LogP contribution in [0.1, 0.15) is 0 Å². The van der Waals surface area contributed by atoms with Crippen LogP contribution in [-0.2, 0) is 0 Å². The summed E-state index contributed by atoms with van der Waals surface area (Å²) in [7, 11) is 0. The number of para-hydroxylation sites is 7. The van der Waals surface area contributed by atoms with Crippen molar-refractivity contribution in [3.8, 4) is 22.6 Å². The maximum absolute atomic E-state index is 4.56. The van der Waals surface area contributed by atoms with E-state index < -0.39 is 0 Å². The van der Waals surface area contributed by atoms with Crippen LogP contribution in [0.5, 0.6) is 0 Å². The normalized spacial score (nSPS) is 12.3. The van der Waals surface area contributed by atoms with Gasteiger partial charge in [-0.15, -0.1) is 5.10 Å². The molecule has 0 N–H and O–H groups in total. The highest BCUT2D eigenvalue weighted by molar-refractivity contribution is 6.09. The highest BCUT2D eigenvalue weighted by atomic mass is 15.4. The van der Waals surface area contributed by atoms with Gasteiger partial charge in [-0.05, 0) is 84.9 Å². The second-order valence-corrected chi connectivity index (χ2v) is 12.5. The van der Waals surface area contributed by atoms with Gasteiger partial charge >= 0.3 is 0 Å². The van der Waals surface area contributed by atoms with Gasteiger partial charge in [0.1, 0.15) is 5.69 Å². The van der Waals surface area contributed by atoms with Crippen molar-refractivity contribution in [1.82, 2.24) is 19.6 Å². The Kier molecular flexibility index (Phi) is 6.39. The zero-order valence-corrected chi connectivity index (χ0v) is 27.0. The SMILES string of the molecule is c1ccc(N2c3ccccc3N(c3ccc(-c4cn(-c5ccc(-n6c7ccccc7c7ccccc76)cc5)nn4)cc3)c3ccccc32)cc1. The molecule has 50 heavy (non-hydrogen) atoms. The van der Waals surface area contributed by atoms with Crippen LogP contribution in [0.25, 0.3) is 44.4 Å². The fourth-order valence-corrected chi connectivity index (χ4v) is 7.34. The van der Waals surface area contributed by atoms with Crippen LogP contribution in [-0.4, -0.2) is 19.6 Å². The third kappa shape index (κ3) is 4.43. The number of aromatic nitrogens is 4. The van der Waals surface area contributed by atoms with Crippen LogP contribution in [0.4, 0.5) is 34.1 Å². The van der Waals surface area contributed by atoms with E-state index in [0.29, 0.717) is 0 Å². The highest BCUT2D eigenvalue weighted by Gasteiger charge is 2.30. The topological polar surface area (TPSA) is 42.1 Å². The van der Waals surface area contributed by atoms with E-state index in [1.54, 1.807) is 0 Å². The fourth-order valence-electron chi connectivity index (χ4n) is 7.34. The van der Waals surface area contributed by atoms with E-state index in [-0.39, 0.29) is 0 Å². The molecule has 236 valence electrons. The number of anilines is 6. The summed E-state index contributed by atoms with van der Waals surface area (Å²) in [6.07, 6.45) is 1.99. The van der Waals surface area contributed by atoms with Gasteiger partial charge in [0.05, 0.1) is 45.7 Å². The maximum atomic E-state index is 4.56. The van der Waals surface area contributed by atoms with E-state index in [0.717, 1.165) is 56.8 Å². The Morgan fingerprint density at radius 1 is 0.360 bits per heavy atom. The summed E-state index contributed by atoms with van der Waals surface area (Å²) in [6.45, 7) is 0. The molecule has 1 aliphatic rings. The van der Waals surface area contributed by atoms with Crippen molar-refractivity contribution >= 4 is 55.9 Å². The first-order valence-corrected chi connectivity index (χ1v) is 16.8. The van der Waals surface area contributed by atoms with E-state index in [4.69, 9.17) is 0 Å². The third-order valence-corrected chi connectivity index (χ3v) is 9.61. The number of benzene rings is 7. The molecule has 6 nitrogen and oxygen atoms in total. The average Bonchev–Trinajstić information content (AvgIpc) is 3.81. The molecule has 7 aromatic carbocycles. The lowest BCUT2D eigenvalue weighted by Gasteiger charge is -2.40. The molecule has 2 aromatic heterocycles. The molecule has 6 heteroatoms. The van der Waals surface area contributed by atoms with E-state index in [9.17, 15) is 0 Å². The van der Waals surface area contributed by atoms with Gasteiger partial charge in [0.15, 0.2) is 0 Å². The smallest absolute Gasteiger partial charge is 0.113 e. The molecule has 0 amide bonds. The van der Waals surface area contributed by atoms with E-state index in [2.05, 4.69) is 201 Å². The average molecular weight is 643 g/mol. The number of hydrogen-bond donors (Lipinski definition) is 0. The molecule has 9 aromatic rings. The Morgan fingerprint density at radius 2 is 0.800 bits per heavy atom. The number of nitrogens with zero attached hydrogens (tertiary/aromatic N) is 6. The van der Waals surface area contributed by atoms with Gasteiger partial charge in [-0.2, -0.15) is 0 Å². The lowest BCUT2D eigenvalue weighted by Crippen LogP contribution is -2.23. The zero-order valence-electron chi connectivity index (χ0n) is 27.0. The van der Waals surface area contributed by atoms with Gasteiger partial charge in [-0.25, -0.2) is 4.68 Å². The largest absolute Gasteiger partial charge is 0.309 e. The molecule has 0 aliphatic carbocycles. The quantitative estimate of drug-likeness (QED) is 0.187. The molecule has 1 aliphatic heterocycles. The summed E-state index contributed by atoms with van der Waals surface area (Å²) in [5, 5.41) is 11.6. The molecular formula is C44H30N6. The molecule has 0 fully saturated rings. The van der Waals surface area contributed by atoms with Crippen molar-refractivity contribution in [2.24, 2.45) is 0 Å². The van der Waals surface area contributed by atoms with Crippen LogP contribution in [0.15, 0.2) is 182 Å². The molecule has 10 rings (SSSR count). The lowest BCUT2D eigenvalue weighted by atomic mass is 10.0. The van der Waals surface area contributed by atoms with Crippen LogP contribution >= 0.6 is 0 Å². The van der Waals surface area contributed by atoms with Crippen molar-refractivity contribution in [3.63, 3.8) is 0 Å². The predicted molar refractivity (Wildman–Crippen MR) is 204 cm³/mol. The first kappa shape index (κ1) is 28.1. The van der Waals surface area contributed by atoms with Crippen molar-refractivity contribution in [3.05, 3.63) is 182 Å². The van der Waals surface area contributed by atoms with E-state index in [1.807, 2.05) is 10.9 Å². The lowest BCUT2D eigenvalue weighted by molar-refractivity contribution is 0.803. The van der Waals surface area contributed by atoms with Crippen LogP contribution < -0.4 is 9.80 Å². The third-order valence-electron chi connectivity index (χ3n) is 9.61. The Morgan fingerprint density at radius 3 is 1.36 bits per heavy atom. The summed E-state index contributed by atoms with van der Waals surface area (Å²) in [5.74, 6) is 0. The molecular weight excluding hydrogens is 613 g/mol. The summed E-state index contributed by atoms with van der Waals surface area (Å²) in [5.41, 5.74) is 13.0. The molecule has 0 bridgehead atoms. The van der Waals surface area contributed by atoms with Gasteiger partial charge in [0.25, 0.3) is 0 Å². The summed E-state index contributed by atoms with van der Waals surface area (Å²) in [4.78, 5) is 4.67. The van der Waals surface area contributed by atoms with Crippen molar-refractivity contribution in [2.45, 2.75) is 0 Å². The Balaban J connectivity index is 0.963. The summed E-state index contributed by atoms with van der Waals surface area (Å²) < 4.78 is 4.16. The first-order chi connectivity index (χ1) is 24.8. The van der Waals surface area contributed by atoms with Crippen molar-refractivity contribution in [1.29, 1.82) is 0 Å². The number of hydrogen-bond acceptors (Lipinski definition) is 4. The van der Waals surface area contributed by atoms with Gasteiger partial charge < -0.3 is 14.4 Å². The molecule has 0 spiro atoms. The summed E-state index contributed by atoms with van der Waals surface area (Å²) >= 11 is 0. The van der Waals surface area contributed by atoms with Crippen LogP contribution in [0, 0.1) is 0 Å². The zero-order chi connectivity index (χ0) is 33.0. The standard InChI is InChI=1S/C44H30N6/c1-2-12-33(13-3-1)49-41-18-8-10-20-43(41)50(44-21-11-9-19-42(44)49)34-24-22-31(23-25-34)38-30-47(46-45-38)32-26-28-35(29-27-32)48-39-16-6-4-14-36(39)37-15-5-7-17-40(37)48/h1-30H. The minimum atomic E-state index is 0.817.